The number of amides is 1. The fourth-order valence-electron chi connectivity index (χ4n) is 3.68. The van der Waals surface area contributed by atoms with E-state index in [-0.39, 0.29) is 11.8 Å². The summed E-state index contributed by atoms with van der Waals surface area (Å²) in [5.74, 6) is 1.06. The molecule has 154 valence electrons. The number of aromatic nitrogens is 2. The van der Waals surface area contributed by atoms with E-state index in [1.54, 1.807) is 0 Å². The zero-order valence-electron chi connectivity index (χ0n) is 17.0. The van der Waals surface area contributed by atoms with Gasteiger partial charge in [0, 0.05) is 35.6 Å². The van der Waals surface area contributed by atoms with E-state index in [1.807, 2.05) is 36.4 Å². The largest absolute Gasteiger partial charge is 0.355 e. The number of nitrogens with one attached hydrogen (secondary N) is 1. The molecule has 0 aliphatic carbocycles. The number of carbonyl (C=O) groups is 1. The number of halogens is 1. The van der Waals surface area contributed by atoms with E-state index in [0.29, 0.717) is 6.54 Å². The second-order valence-corrected chi connectivity index (χ2v) is 8.66. The molecular formula is C24H25BrN4O. The summed E-state index contributed by atoms with van der Waals surface area (Å²) in [6.07, 6.45) is 1.65. The van der Waals surface area contributed by atoms with Crippen LogP contribution in [0.1, 0.15) is 24.0 Å². The Balaban J connectivity index is 1.29. The number of rotatable bonds is 5. The number of nitrogens with zero attached hydrogens (tertiary/aromatic N) is 3. The van der Waals surface area contributed by atoms with Crippen LogP contribution in [0.3, 0.4) is 0 Å². The summed E-state index contributed by atoms with van der Waals surface area (Å²) >= 11 is 3.43. The van der Waals surface area contributed by atoms with Crippen LogP contribution in [0.4, 0.5) is 5.82 Å². The zero-order valence-corrected chi connectivity index (χ0v) is 18.6. The second-order valence-electron chi connectivity index (χ2n) is 7.75. The number of hydrogen-bond donors (Lipinski definition) is 1. The highest BCUT2D eigenvalue weighted by Crippen LogP contribution is 2.24. The third-order valence-electron chi connectivity index (χ3n) is 5.57. The minimum atomic E-state index is 0.0523. The predicted octanol–water partition coefficient (Wildman–Crippen LogP) is 4.75. The first-order valence-corrected chi connectivity index (χ1v) is 11.1. The molecule has 3 aromatic rings. The number of piperidine rings is 1. The quantitative estimate of drug-likeness (QED) is 0.591. The summed E-state index contributed by atoms with van der Waals surface area (Å²) in [5.41, 5.74) is 4.28. The van der Waals surface area contributed by atoms with Crippen molar-refractivity contribution < 1.29 is 4.79 Å². The fraction of sp³-hybridized carbons (Fsp3) is 0.292. The van der Waals surface area contributed by atoms with Gasteiger partial charge >= 0.3 is 0 Å². The van der Waals surface area contributed by atoms with Crippen LogP contribution >= 0.6 is 15.9 Å². The molecule has 1 aliphatic rings. The Morgan fingerprint density at radius 3 is 2.33 bits per heavy atom. The molecule has 1 aromatic heterocycles. The summed E-state index contributed by atoms with van der Waals surface area (Å²) in [4.78, 5) is 14.8. The summed E-state index contributed by atoms with van der Waals surface area (Å²) in [6.45, 7) is 4.27. The number of aryl methyl sites for hydroxylation is 1. The minimum absolute atomic E-state index is 0.0523. The van der Waals surface area contributed by atoms with Crippen LogP contribution in [0, 0.1) is 12.8 Å². The van der Waals surface area contributed by atoms with Gasteiger partial charge in [-0.1, -0.05) is 57.9 Å². The van der Waals surface area contributed by atoms with Gasteiger partial charge in [0.1, 0.15) is 0 Å². The van der Waals surface area contributed by atoms with Crippen molar-refractivity contribution in [3.63, 3.8) is 0 Å². The lowest BCUT2D eigenvalue weighted by atomic mass is 9.96. The Labute approximate surface area is 185 Å². The van der Waals surface area contributed by atoms with Crippen LogP contribution in [0.2, 0.25) is 0 Å². The van der Waals surface area contributed by atoms with Crippen LogP contribution in [-0.4, -0.2) is 29.2 Å². The van der Waals surface area contributed by atoms with Gasteiger partial charge in [-0.25, -0.2) is 0 Å². The van der Waals surface area contributed by atoms with Gasteiger partial charge in [0.05, 0.1) is 5.69 Å². The summed E-state index contributed by atoms with van der Waals surface area (Å²) in [7, 11) is 0. The molecule has 1 saturated heterocycles. The molecular weight excluding hydrogens is 440 g/mol. The first-order chi connectivity index (χ1) is 14.6. The van der Waals surface area contributed by atoms with Crippen LogP contribution in [0.5, 0.6) is 0 Å². The monoisotopic (exact) mass is 464 g/mol. The molecule has 1 amide bonds. The number of anilines is 1. The van der Waals surface area contributed by atoms with Crippen LogP contribution in [0.25, 0.3) is 11.3 Å². The molecule has 6 heteroatoms. The molecule has 1 fully saturated rings. The fourth-order valence-corrected chi connectivity index (χ4v) is 3.94. The van der Waals surface area contributed by atoms with Gasteiger partial charge in [-0.2, -0.15) is 0 Å². The summed E-state index contributed by atoms with van der Waals surface area (Å²) in [6, 6.07) is 20.4. The Kier molecular flexibility index (Phi) is 6.43. The van der Waals surface area contributed by atoms with Gasteiger partial charge in [-0.3, -0.25) is 4.79 Å². The zero-order chi connectivity index (χ0) is 20.9. The van der Waals surface area contributed by atoms with Crippen LogP contribution in [0.15, 0.2) is 65.1 Å². The first kappa shape index (κ1) is 20.5. The molecule has 0 saturated carbocycles. The van der Waals surface area contributed by atoms with E-state index < -0.39 is 0 Å². The van der Waals surface area contributed by atoms with E-state index in [1.165, 1.54) is 5.56 Å². The van der Waals surface area contributed by atoms with Crippen molar-refractivity contribution in [2.75, 3.05) is 18.0 Å². The van der Waals surface area contributed by atoms with Crippen LogP contribution < -0.4 is 10.2 Å². The number of carbonyl (C=O) groups excluding carboxylic acids is 1. The average Bonchev–Trinajstić information content (AvgIpc) is 2.79. The van der Waals surface area contributed by atoms with E-state index in [0.717, 1.165) is 53.0 Å². The highest BCUT2D eigenvalue weighted by molar-refractivity contribution is 9.10. The maximum atomic E-state index is 12.5. The molecule has 0 unspecified atom stereocenters. The van der Waals surface area contributed by atoms with Crippen molar-refractivity contribution in [1.29, 1.82) is 0 Å². The Morgan fingerprint density at radius 2 is 1.70 bits per heavy atom. The molecule has 0 atom stereocenters. The smallest absolute Gasteiger partial charge is 0.223 e. The SMILES string of the molecule is Cc1ccc(-c2ccc(N3CCC(C(=O)NCc4ccc(Br)cc4)CC3)nn2)cc1. The van der Waals surface area contributed by atoms with Crippen LogP contribution in [-0.2, 0) is 11.3 Å². The molecule has 5 nitrogen and oxygen atoms in total. The lowest BCUT2D eigenvalue weighted by Gasteiger charge is -2.31. The van der Waals surface area contributed by atoms with Crippen molar-refractivity contribution in [1.82, 2.24) is 15.5 Å². The first-order valence-electron chi connectivity index (χ1n) is 10.3. The van der Waals surface area contributed by atoms with E-state index >= 15 is 0 Å². The molecule has 0 spiro atoms. The van der Waals surface area contributed by atoms with Crippen molar-refractivity contribution in [2.24, 2.45) is 5.92 Å². The Bertz CT molecular complexity index is 979. The average molecular weight is 465 g/mol. The Morgan fingerprint density at radius 1 is 1.00 bits per heavy atom. The van der Waals surface area contributed by atoms with Gasteiger partial charge in [0.25, 0.3) is 0 Å². The highest BCUT2D eigenvalue weighted by Gasteiger charge is 2.25. The molecule has 4 rings (SSSR count). The third kappa shape index (κ3) is 5.05. The lowest BCUT2D eigenvalue weighted by Crippen LogP contribution is -2.40. The lowest BCUT2D eigenvalue weighted by molar-refractivity contribution is -0.125. The number of hydrogen-bond acceptors (Lipinski definition) is 4. The summed E-state index contributed by atoms with van der Waals surface area (Å²) in [5, 5.41) is 11.9. The maximum absolute atomic E-state index is 12.5. The van der Waals surface area contributed by atoms with E-state index in [4.69, 9.17) is 0 Å². The Hall–Kier alpha value is -2.73. The molecule has 0 bridgehead atoms. The molecule has 2 heterocycles. The van der Waals surface area contributed by atoms with Crippen molar-refractivity contribution in [3.05, 3.63) is 76.3 Å². The van der Waals surface area contributed by atoms with Gasteiger partial charge in [0.2, 0.25) is 5.91 Å². The van der Waals surface area contributed by atoms with Crippen molar-refractivity contribution >= 4 is 27.7 Å². The molecule has 30 heavy (non-hydrogen) atoms. The molecule has 1 N–H and O–H groups in total. The van der Waals surface area contributed by atoms with Gasteiger partial charge in [0.15, 0.2) is 5.82 Å². The summed E-state index contributed by atoms with van der Waals surface area (Å²) < 4.78 is 1.04. The van der Waals surface area contributed by atoms with Crippen molar-refractivity contribution in [2.45, 2.75) is 26.3 Å². The maximum Gasteiger partial charge on any atom is 0.223 e. The molecule has 0 radical (unpaired) electrons. The van der Waals surface area contributed by atoms with Crippen molar-refractivity contribution in [3.8, 4) is 11.3 Å². The standard InChI is InChI=1S/C24H25BrN4O/c1-17-2-6-19(7-3-17)22-10-11-23(28-27-22)29-14-12-20(13-15-29)24(30)26-16-18-4-8-21(25)9-5-18/h2-11,20H,12-16H2,1H3,(H,26,30). The van der Waals surface area contributed by atoms with Gasteiger partial charge in [-0.15, -0.1) is 10.2 Å². The molecule has 2 aromatic carbocycles. The normalized spacial score (nSPS) is 14.5. The molecule has 1 aliphatic heterocycles. The second kappa shape index (κ2) is 9.39. The van der Waals surface area contributed by atoms with Gasteiger partial charge < -0.3 is 10.2 Å². The van der Waals surface area contributed by atoms with E-state index in [2.05, 4.69) is 67.5 Å². The third-order valence-corrected chi connectivity index (χ3v) is 6.10. The topological polar surface area (TPSA) is 58.1 Å². The predicted molar refractivity (Wildman–Crippen MR) is 123 cm³/mol. The highest BCUT2D eigenvalue weighted by atomic mass is 79.9. The van der Waals surface area contributed by atoms with E-state index in [9.17, 15) is 4.79 Å². The van der Waals surface area contributed by atoms with Gasteiger partial charge in [-0.05, 0) is 49.6 Å². The minimum Gasteiger partial charge on any atom is -0.355 e. The number of benzene rings is 2.